The largest absolute Gasteiger partial charge is 0.497 e. The zero-order valence-electron chi connectivity index (χ0n) is 20.3. The third-order valence-electron chi connectivity index (χ3n) is 5.01. The monoisotopic (exact) mass is 585 g/mol. The van der Waals surface area contributed by atoms with Gasteiger partial charge in [0.25, 0.3) is 11.6 Å². The summed E-state index contributed by atoms with van der Waals surface area (Å²) in [4.78, 5) is 46.7. The summed E-state index contributed by atoms with van der Waals surface area (Å²) in [6.45, 7) is -0.631. The minimum absolute atomic E-state index is 0.0639. The molecule has 3 aromatic carbocycles. The molecule has 0 saturated carbocycles. The van der Waals surface area contributed by atoms with Crippen molar-refractivity contribution in [1.29, 1.82) is 0 Å². The highest BCUT2D eigenvalue weighted by molar-refractivity contribution is 9.10. The van der Waals surface area contributed by atoms with Crippen molar-refractivity contribution in [3.8, 4) is 17.2 Å². The summed E-state index contributed by atoms with van der Waals surface area (Å²) in [5, 5.41) is 16.2. The summed E-state index contributed by atoms with van der Waals surface area (Å²) in [6.07, 6.45) is 0.187. The van der Waals surface area contributed by atoms with Crippen molar-refractivity contribution in [2.24, 2.45) is 0 Å². The number of amides is 2. The van der Waals surface area contributed by atoms with Gasteiger partial charge in [-0.05, 0) is 61.0 Å². The van der Waals surface area contributed by atoms with Crippen molar-refractivity contribution in [3.05, 3.63) is 81.3 Å². The maximum Gasteiger partial charge on any atom is 0.306 e. The van der Waals surface area contributed by atoms with E-state index in [9.17, 15) is 24.5 Å². The Kier molecular flexibility index (Phi) is 10.2. The summed E-state index contributed by atoms with van der Waals surface area (Å²) in [5.41, 5.74) is 0.160. The van der Waals surface area contributed by atoms with Gasteiger partial charge >= 0.3 is 5.97 Å². The van der Waals surface area contributed by atoms with Gasteiger partial charge in [-0.15, -0.1) is 0 Å². The summed E-state index contributed by atoms with van der Waals surface area (Å²) in [7, 11) is 1.38. The Morgan fingerprint density at radius 2 is 1.50 bits per heavy atom. The fraction of sp³-hybridized carbons (Fsp3) is 0.192. The topological polar surface area (TPSA) is 146 Å². The molecule has 0 atom stereocenters. The van der Waals surface area contributed by atoms with E-state index in [-0.39, 0.29) is 36.5 Å². The number of nitro groups is 1. The second-order valence-corrected chi connectivity index (χ2v) is 8.75. The molecule has 0 saturated heterocycles. The van der Waals surface area contributed by atoms with Gasteiger partial charge in [0.15, 0.2) is 6.61 Å². The van der Waals surface area contributed by atoms with Gasteiger partial charge in [0.05, 0.1) is 12.0 Å². The summed E-state index contributed by atoms with van der Waals surface area (Å²) < 4.78 is 16.6. The van der Waals surface area contributed by atoms with Crippen molar-refractivity contribution in [2.45, 2.75) is 19.3 Å². The Labute approximate surface area is 226 Å². The Bertz CT molecular complexity index is 1300. The van der Waals surface area contributed by atoms with Crippen LogP contribution < -0.4 is 20.1 Å². The number of nitrogens with zero attached hydrogens (tertiary/aromatic N) is 1. The van der Waals surface area contributed by atoms with Gasteiger partial charge in [-0.3, -0.25) is 24.5 Å². The lowest BCUT2D eigenvalue weighted by Gasteiger charge is -2.09. The van der Waals surface area contributed by atoms with Gasteiger partial charge in [0, 0.05) is 35.1 Å². The third kappa shape index (κ3) is 8.89. The minimum Gasteiger partial charge on any atom is -0.497 e. The first-order valence-corrected chi connectivity index (χ1v) is 12.1. The molecular weight excluding hydrogens is 562 g/mol. The number of hydrogen-bond acceptors (Lipinski definition) is 8. The molecule has 11 nitrogen and oxygen atoms in total. The fourth-order valence-electron chi connectivity index (χ4n) is 3.17. The van der Waals surface area contributed by atoms with E-state index in [2.05, 4.69) is 26.6 Å². The number of rotatable bonds is 12. The summed E-state index contributed by atoms with van der Waals surface area (Å²) in [5.74, 6) is -0.120. The van der Waals surface area contributed by atoms with Crippen LogP contribution in [-0.4, -0.2) is 36.4 Å². The maximum atomic E-state index is 12.2. The van der Waals surface area contributed by atoms with Crippen LogP contribution in [0, 0.1) is 10.1 Å². The molecule has 0 aromatic heterocycles. The van der Waals surface area contributed by atoms with Crippen LogP contribution in [-0.2, 0) is 19.1 Å². The van der Waals surface area contributed by atoms with E-state index in [4.69, 9.17) is 14.2 Å². The standard InChI is InChI=1S/C26H24BrN3O8/c1-36-21-13-14-23(30(34)35)22(15-21)29-25(32)16-37-26(33)4-2-3-24(31)28-18-7-11-20(12-8-18)38-19-9-5-17(27)6-10-19/h5-15H,2-4,16H2,1H3,(H,28,31)(H,29,32). The van der Waals surface area contributed by atoms with Crippen molar-refractivity contribution < 1.29 is 33.5 Å². The predicted octanol–water partition coefficient (Wildman–Crippen LogP) is 5.45. The molecular formula is C26H24BrN3O8. The number of nitro benzene ring substituents is 1. The van der Waals surface area contributed by atoms with Gasteiger partial charge in [-0.2, -0.15) is 0 Å². The first-order chi connectivity index (χ1) is 18.2. The molecule has 0 spiro atoms. The van der Waals surface area contributed by atoms with Gasteiger partial charge in [0.1, 0.15) is 22.9 Å². The molecule has 0 aliphatic rings. The first kappa shape index (κ1) is 28.1. The molecule has 12 heteroatoms. The summed E-state index contributed by atoms with van der Waals surface area (Å²) >= 11 is 3.36. The molecule has 0 fully saturated rings. The van der Waals surface area contributed by atoms with Crippen LogP contribution in [0.4, 0.5) is 17.1 Å². The van der Waals surface area contributed by atoms with Gasteiger partial charge < -0.3 is 24.8 Å². The number of carbonyl (C=O) groups is 3. The Morgan fingerprint density at radius 1 is 0.868 bits per heavy atom. The van der Waals surface area contributed by atoms with Crippen LogP contribution in [0.3, 0.4) is 0 Å². The van der Waals surface area contributed by atoms with Gasteiger partial charge in [0.2, 0.25) is 5.91 Å². The fourth-order valence-corrected chi connectivity index (χ4v) is 3.43. The molecule has 3 rings (SSSR count). The van der Waals surface area contributed by atoms with Crippen LogP contribution in [0.5, 0.6) is 17.2 Å². The number of hydrogen-bond donors (Lipinski definition) is 2. The van der Waals surface area contributed by atoms with Crippen LogP contribution in [0.1, 0.15) is 19.3 Å². The number of esters is 1. The van der Waals surface area contributed by atoms with Crippen molar-refractivity contribution in [1.82, 2.24) is 0 Å². The number of methoxy groups -OCH3 is 1. The van der Waals surface area contributed by atoms with E-state index in [1.165, 1.54) is 25.3 Å². The zero-order valence-corrected chi connectivity index (χ0v) is 21.9. The molecule has 0 radical (unpaired) electrons. The molecule has 3 aromatic rings. The predicted molar refractivity (Wildman–Crippen MR) is 142 cm³/mol. The van der Waals surface area contributed by atoms with E-state index in [1.54, 1.807) is 24.3 Å². The molecule has 0 aliphatic carbocycles. The molecule has 0 bridgehead atoms. The van der Waals surface area contributed by atoms with Crippen LogP contribution in [0.15, 0.2) is 71.2 Å². The van der Waals surface area contributed by atoms with Crippen LogP contribution in [0.2, 0.25) is 0 Å². The SMILES string of the molecule is COc1ccc([N+](=O)[O-])c(NC(=O)COC(=O)CCCC(=O)Nc2ccc(Oc3ccc(Br)cc3)cc2)c1. The molecule has 2 amide bonds. The average molecular weight is 586 g/mol. The second kappa shape index (κ2) is 13.7. The van der Waals surface area contributed by atoms with E-state index in [0.29, 0.717) is 22.9 Å². The Morgan fingerprint density at radius 3 is 2.13 bits per heavy atom. The molecule has 198 valence electrons. The Balaban J connectivity index is 1.36. The van der Waals surface area contributed by atoms with Gasteiger partial charge in [-0.25, -0.2) is 0 Å². The third-order valence-corrected chi connectivity index (χ3v) is 5.54. The molecule has 38 heavy (non-hydrogen) atoms. The van der Waals surface area contributed by atoms with Crippen molar-refractivity contribution in [3.63, 3.8) is 0 Å². The highest BCUT2D eigenvalue weighted by Gasteiger charge is 2.18. The van der Waals surface area contributed by atoms with E-state index in [0.717, 1.165) is 4.47 Å². The van der Waals surface area contributed by atoms with E-state index < -0.39 is 23.4 Å². The Hall–Kier alpha value is -4.45. The highest BCUT2D eigenvalue weighted by Crippen LogP contribution is 2.29. The average Bonchev–Trinajstić information content (AvgIpc) is 2.89. The minimum atomic E-state index is -0.750. The molecule has 2 N–H and O–H groups in total. The van der Waals surface area contributed by atoms with Crippen LogP contribution in [0.25, 0.3) is 0 Å². The lowest BCUT2D eigenvalue weighted by Crippen LogP contribution is -2.21. The molecule has 0 unspecified atom stereocenters. The highest BCUT2D eigenvalue weighted by atomic mass is 79.9. The number of nitrogens with one attached hydrogen (secondary N) is 2. The summed E-state index contributed by atoms with van der Waals surface area (Å²) in [6, 6.07) is 18.1. The van der Waals surface area contributed by atoms with Gasteiger partial charge in [-0.1, -0.05) is 15.9 Å². The quantitative estimate of drug-likeness (QED) is 0.162. The number of carbonyl (C=O) groups excluding carboxylic acids is 3. The lowest BCUT2D eigenvalue weighted by molar-refractivity contribution is -0.383. The van der Waals surface area contributed by atoms with E-state index >= 15 is 0 Å². The molecule has 0 aliphatic heterocycles. The van der Waals surface area contributed by atoms with E-state index in [1.807, 2.05) is 24.3 Å². The number of halogens is 1. The number of ether oxygens (including phenoxy) is 3. The normalized spacial score (nSPS) is 10.3. The van der Waals surface area contributed by atoms with Crippen LogP contribution >= 0.6 is 15.9 Å². The van der Waals surface area contributed by atoms with Crippen molar-refractivity contribution >= 4 is 50.8 Å². The second-order valence-electron chi connectivity index (χ2n) is 7.83. The number of benzene rings is 3. The first-order valence-electron chi connectivity index (χ1n) is 11.3. The lowest BCUT2D eigenvalue weighted by atomic mass is 10.2. The zero-order chi connectivity index (χ0) is 27.5. The smallest absolute Gasteiger partial charge is 0.306 e. The molecule has 0 heterocycles. The maximum absolute atomic E-state index is 12.2. The van der Waals surface area contributed by atoms with Crippen molar-refractivity contribution in [2.75, 3.05) is 24.4 Å². The number of anilines is 2.